The number of carbonyl (C=O) groups excluding carboxylic acids is 1. The molecule has 0 aromatic heterocycles. The third-order valence-electron chi connectivity index (χ3n) is 5.03. The zero-order chi connectivity index (χ0) is 21.1. The van der Waals surface area contributed by atoms with Crippen LogP contribution < -0.4 is 14.9 Å². The summed E-state index contributed by atoms with van der Waals surface area (Å²) in [6, 6.07) is 21.4. The van der Waals surface area contributed by atoms with Gasteiger partial charge in [0.15, 0.2) is 0 Å². The van der Waals surface area contributed by atoms with Crippen molar-refractivity contribution in [2.75, 3.05) is 21.5 Å². The molecule has 1 fully saturated rings. The highest BCUT2D eigenvalue weighted by molar-refractivity contribution is 7.92. The molecular weight excluding hydrogens is 398 g/mol. The number of aryl methyl sites for hydroxylation is 1. The second-order valence-corrected chi connectivity index (χ2v) is 8.97. The van der Waals surface area contributed by atoms with Gasteiger partial charge in [-0.3, -0.25) is 9.52 Å². The lowest BCUT2D eigenvalue weighted by Crippen LogP contribution is -2.23. The molecule has 0 radical (unpaired) electrons. The summed E-state index contributed by atoms with van der Waals surface area (Å²) < 4.78 is 28.5. The molecule has 1 heterocycles. The third-order valence-corrected chi connectivity index (χ3v) is 6.42. The van der Waals surface area contributed by atoms with Crippen LogP contribution in [0.5, 0.6) is 0 Å². The van der Waals surface area contributed by atoms with Crippen molar-refractivity contribution in [3.8, 4) is 0 Å². The van der Waals surface area contributed by atoms with Gasteiger partial charge in [-0.05, 0) is 61.9 Å². The summed E-state index contributed by atoms with van der Waals surface area (Å²) in [5, 5.41) is 3.25. The molecule has 3 aromatic rings. The van der Waals surface area contributed by atoms with Gasteiger partial charge in [0, 0.05) is 24.3 Å². The van der Waals surface area contributed by atoms with Crippen molar-refractivity contribution in [1.29, 1.82) is 0 Å². The van der Waals surface area contributed by atoms with Crippen molar-refractivity contribution >= 4 is 38.7 Å². The van der Waals surface area contributed by atoms with Gasteiger partial charge in [-0.25, -0.2) is 8.42 Å². The zero-order valence-corrected chi connectivity index (χ0v) is 17.4. The molecule has 1 amide bonds. The highest BCUT2D eigenvalue weighted by Crippen LogP contribution is 2.29. The number of rotatable bonds is 6. The molecule has 2 N–H and O–H groups in total. The van der Waals surface area contributed by atoms with Crippen LogP contribution in [0.2, 0.25) is 0 Å². The number of para-hydroxylation sites is 2. The lowest BCUT2D eigenvalue weighted by atomic mass is 10.2. The summed E-state index contributed by atoms with van der Waals surface area (Å²) in [7, 11) is -3.78. The van der Waals surface area contributed by atoms with Crippen molar-refractivity contribution < 1.29 is 13.2 Å². The van der Waals surface area contributed by atoms with E-state index in [1.54, 1.807) is 29.2 Å². The molecule has 0 unspecified atom stereocenters. The first-order valence-electron chi connectivity index (χ1n) is 9.78. The minimum atomic E-state index is -3.78. The Bertz CT molecular complexity index is 1160. The number of benzene rings is 3. The number of hydrogen-bond donors (Lipinski definition) is 2. The van der Waals surface area contributed by atoms with Crippen LogP contribution in [0.25, 0.3) is 0 Å². The summed E-state index contributed by atoms with van der Waals surface area (Å²) >= 11 is 0. The summed E-state index contributed by atoms with van der Waals surface area (Å²) in [5.41, 5.74) is 3.85. The minimum Gasteiger partial charge on any atom is -0.354 e. The summed E-state index contributed by atoms with van der Waals surface area (Å²) in [6.07, 6.45) is 1.36. The van der Waals surface area contributed by atoms with Crippen LogP contribution in [0.4, 0.5) is 22.7 Å². The van der Waals surface area contributed by atoms with Gasteiger partial charge >= 0.3 is 0 Å². The number of nitrogens with one attached hydrogen (secondary N) is 2. The number of hydrogen-bond acceptors (Lipinski definition) is 4. The Labute approximate surface area is 176 Å². The topological polar surface area (TPSA) is 78.5 Å². The van der Waals surface area contributed by atoms with Crippen molar-refractivity contribution in [2.45, 2.75) is 24.7 Å². The molecule has 0 aliphatic carbocycles. The van der Waals surface area contributed by atoms with Gasteiger partial charge in [0.25, 0.3) is 10.0 Å². The maximum absolute atomic E-state index is 12.9. The average molecular weight is 422 g/mol. The Morgan fingerprint density at radius 3 is 2.17 bits per heavy atom. The fraction of sp³-hybridized carbons (Fsp3) is 0.174. The van der Waals surface area contributed by atoms with E-state index in [0.29, 0.717) is 24.3 Å². The van der Waals surface area contributed by atoms with Crippen molar-refractivity contribution in [3.05, 3.63) is 78.4 Å². The van der Waals surface area contributed by atoms with E-state index in [9.17, 15) is 13.2 Å². The summed E-state index contributed by atoms with van der Waals surface area (Å²) in [4.78, 5) is 13.7. The predicted octanol–water partition coefficient (Wildman–Crippen LogP) is 4.67. The highest BCUT2D eigenvalue weighted by atomic mass is 32.2. The predicted molar refractivity (Wildman–Crippen MR) is 120 cm³/mol. The van der Waals surface area contributed by atoms with E-state index in [2.05, 4.69) is 10.0 Å². The zero-order valence-electron chi connectivity index (χ0n) is 16.6. The first-order chi connectivity index (χ1) is 14.4. The Morgan fingerprint density at radius 1 is 0.867 bits per heavy atom. The second kappa shape index (κ2) is 8.20. The van der Waals surface area contributed by atoms with Gasteiger partial charge in [-0.2, -0.15) is 0 Å². The van der Waals surface area contributed by atoms with Crippen LogP contribution in [-0.4, -0.2) is 20.9 Å². The normalized spacial score (nSPS) is 14.0. The molecule has 0 bridgehead atoms. The van der Waals surface area contributed by atoms with E-state index in [4.69, 9.17) is 0 Å². The molecule has 0 saturated carbocycles. The van der Waals surface area contributed by atoms with Gasteiger partial charge < -0.3 is 10.2 Å². The molecule has 0 spiro atoms. The number of anilines is 4. The van der Waals surface area contributed by atoms with Crippen LogP contribution in [-0.2, 0) is 14.8 Å². The monoisotopic (exact) mass is 421 g/mol. The van der Waals surface area contributed by atoms with Crippen LogP contribution in [0.15, 0.2) is 77.7 Å². The second-order valence-electron chi connectivity index (χ2n) is 7.28. The number of sulfonamides is 1. The van der Waals surface area contributed by atoms with E-state index in [1.165, 1.54) is 12.1 Å². The minimum absolute atomic E-state index is 0.0693. The Kier molecular flexibility index (Phi) is 5.46. The molecule has 1 saturated heterocycles. The molecular formula is C23H23N3O3S. The number of carbonyl (C=O) groups is 1. The first-order valence-corrected chi connectivity index (χ1v) is 11.3. The van der Waals surface area contributed by atoms with E-state index < -0.39 is 10.0 Å². The fourth-order valence-corrected chi connectivity index (χ4v) is 4.48. The van der Waals surface area contributed by atoms with E-state index >= 15 is 0 Å². The number of amides is 1. The van der Waals surface area contributed by atoms with Crippen LogP contribution in [0, 0.1) is 6.92 Å². The summed E-state index contributed by atoms with van der Waals surface area (Å²) in [6.45, 7) is 2.68. The SMILES string of the molecule is Cc1ccc(Nc2ccccc2NS(=O)(=O)c2ccc(N3CCCC3=O)cc2)cc1. The molecule has 1 aliphatic rings. The Balaban J connectivity index is 1.55. The van der Waals surface area contributed by atoms with E-state index in [-0.39, 0.29) is 10.8 Å². The third kappa shape index (κ3) is 4.31. The van der Waals surface area contributed by atoms with Crippen LogP contribution in [0.1, 0.15) is 18.4 Å². The van der Waals surface area contributed by atoms with Crippen LogP contribution in [0.3, 0.4) is 0 Å². The van der Waals surface area contributed by atoms with Gasteiger partial charge in [-0.1, -0.05) is 29.8 Å². The van der Waals surface area contributed by atoms with E-state index in [1.807, 2.05) is 43.3 Å². The molecule has 1 aliphatic heterocycles. The molecule has 154 valence electrons. The number of nitrogens with zero attached hydrogens (tertiary/aromatic N) is 1. The van der Waals surface area contributed by atoms with Crippen molar-refractivity contribution in [1.82, 2.24) is 0 Å². The highest BCUT2D eigenvalue weighted by Gasteiger charge is 2.22. The maximum atomic E-state index is 12.9. The molecule has 3 aromatic carbocycles. The van der Waals surface area contributed by atoms with Gasteiger partial charge in [0.2, 0.25) is 5.91 Å². The molecule has 7 heteroatoms. The van der Waals surface area contributed by atoms with Gasteiger partial charge in [0.05, 0.1) is 16.3 Å². The van der Waals surface area contributed by atoms with Gasteiger partial charge in [-0.15, -0.1) is 0 Å². The summed E-state index contributed by atoms with van der Waals surface area (Å²) in [5.74, 6) is 0.0693. The van der Waals surface area contributed by atoms with E-state index in [0.717, 1.165) is 23.4 Å². The first kappa shape index (κ1) is 20.0. The van der Waals surface area contributed by atoms with Crippen molar-refractivity contribution in [3.63, 3.8) is 0 Å². The fourth-order valence-electron chi connectivity index (χ4n) is 3.40. The Hall–Kier alpha value is -3.32. The molecule has 30 heavy (non-hydrogen) atoms. The molecule has 6 nitrogen and oxygen atoms in total. The van der Waals surface area contributed by atoms with Crippen LogP contribution >= 0.6 is 0 Å². The van der Waals surface area contributed by atoms with Crippen molar-refractivity contribution in [2.24, 2.45) is 0 Å². The largest absolute Gasteiger partial charge is 0.354 e. The molecule has 4 rings (SSSR count). The Morgan fingerprint density at radius 2 is 1.53 bits per heavy atom. The quantitative estimate of drug-likeness (QED) is 0.606. The lowest BCUT2D eigenvalue weighted by molar-refractivity contribution is -0.117. The molecule has 0 atom stereocenters. The lowest BCUT2D eigenvalue weighted by Gasteiger charge is -2.17. The standard InChI is InChI=1S/C23H23N3O3S/c1-17-8-10-18(11-9-17)24-21-5-2-3-6-22(21)25-30(28,29)20-14-12-19(13-15-20)26-16-4-7-23(26)27/h2-3,5-6,8-15,24-25H,4,7,16H2,1H3. The average Bonchev–Trinajstić information content (AvgIpc) is 3.17. The maximum Gasteiger partial charge on any atom is 0.261 e. The van der Waals surface area contributed by atoms with Gasteiger partial charge in [0.1, 0.15) is 0 Å². The smallest absolute Gasteiger partial charge is 0.261 e.